The summed E-state index contributed by atoms with van der Waals surface area (Å²) >= 11 is 17.9. The summed E-state index contributed by atoms with van der Waals surface area (Å²) in [5, 5.41) is 4.52. The van der Waals surface area contributed by atoms with Crippen LogP contribution in [0.15, 0.2) is 42.5 Å². The second kappa shape index (κ2) is 5.63. The molecule has 2 aromatic carbocycles. The van der Waals surface area contributed by atoms with Gasteiger partial charge < -0.3 is 5.32 Å². The van der Waals surface area contributed by atoms with Crippen LogP contribution in [0.25, 0.3) is 0 Å². The average molecular weight is 287 g/mol. The van der Waals surface area contributed by atoms with Crippen LogP contribution in [-0.4, -0.2) is 0 Å². The Kier molecular flexibility index (Phi) is 4.16. The van der Waals surface area contributed by atoms with E-state index in [1.165, 1.54) is 5.56 Å². The van der Waals surface area contributed by atoms with E-state index < -0.39 is 0 Å². The maximum absolute atomic E-state index is 6.09. The van der Waals surface area contributed by atoms with Crippen LogP contribution in [0.1, 0.15) is 5.56 Å². The summed E-state index contributed by atoms with van der Waals surface area (Å²) in [6.07, 6.45) is 0. The van der Waals surface area contributed by atoms with Crippen LogP contribution in [-0.2, 0) is 6.54 Å². The predicted molar refractivity (Wildman–Crippen MR) is 75.2 cm³/mol. The van der Waals surface area contributed by atoms with E-state index in [9.17, 15) is 0 Å². The van der Waals surface area contributed by atoms with Crippen LogP contribution in [0.4, 0.5) is 5.69 Å². The Labute approximate surface area is 115 Å². The third-order valence-electron chi connectivity index (χ3n) is 2.36. The lowest BCUT2D eigenvalue weighted by atomic mass is 10.2. The average Bonchev–Trinajstić information content (AvgIpc) is 2.36. The Balaban J connectivity index is 2.13. The molecule has 0 aliphatic heterocycles. The van der Waals surface area contributed by atoms with Gasteiger partial charge in [0, 0.05) is 6.54 Å². The summed E-state index contributed by atoms with van der Waals surface area (Å²) in [5.41, 5.74) is 1.96. The molecule has 0 fully saturated rings. The second-order valence-corrected chi connectivity index (χ2v) is 4.73. The maximum Gasteiger partial charge on any atom is 0.0838 e. The Morgan fingerprint density at radius 3 is 2.24 bits per heavy atom. The van der Waals surface area contributed by atoms with Crippen molar-refractivity contribution in [2.24, 2.45) is 0 Å². The second-order valence-electron chi connectivity index (χ2n) is 3.56. The number of hydrogen-bond donors (Lipinski definition) is 1. The fourth-order valence-corrected chi connectivity index (χ4v) is 2.06. The highest BCUT2D eigenvalue weighted by molar-refractivity contribution is 6.49. The molecule has 0 radical (unpaired) electrons. The van der Waals surface area contributed by atoms with E-state index in [0.29, 0.717) is 21.6 Å². The van der Waals surface area contributed by atoms with E-state index in [1.807, 2.05) is 36.4 Å². The summed E-state index contributed by atoms with van der Waals surface area (Å²) < 4.78 is 0. The van der Waals surface area contributed by atoms with Crippen molar-refractivity contribution in [3.8, 4) is 0 Å². The van der Waals surface area contributed by atoms with E-state index in [1.54, 1.807) is 6.07 Å². The molecule has 88 valence electrons. The Morgan fingerprint density at radius 2 is 1.53 bits per heavy atom. The van der Waals surface area contributed by atoms with Gasteiger partial charge in [0.25, 0.3) is 0 Å². The summed E-state index contributed by atoms with van der Waals surface area (Å²) in [5.74, 6) is 0. The number of nitrogens with one attached hydrogen (secondary N) is 1. The minimum Gasteiger partial charge on any atom is -0.380 e. The van der Waals surface area contributed by atoms with Crippen molar-refractivity contribution >= 4 is 40.5 Å². The molecule has 1 nitrogen and oxygen atoms in total. The van der Waals surface area contributed by atoms with E-state index in [4.69, 9.17) is 34.8 Å². The lowest BCUT2D eigenvalue weighted by molar-refractivity contribution is 1.15. The standard InChI is InChI=1S/C13H10Cl3N/c14-10-6-7-11(13(16)12(10)15)17-8-9-4-2-1-3-5-9/h1-7,17H,8H2. The van der Waals surface area contributed by atoms with Crippen molar-refractivity contribution in [3.63, 3.8) is 0 Å². The van der Waals surface area contributed by atoms with E-state index in [-0.39, 0.29) is 0 Å². The lowest BCUT2D eigenvalue weighted by Gasteiger charge is -2.10. The highest BCUT2D eigenvalue weighted by Crippen LogP contribution is 2.35. The first-order valence-corrected chi connectivity index (χ1v) is 6.23. The molecule has 0 amide bonds. The molecule has 0 aliphatic rings. The lowest BCUT2D eigenvalue weighted by Crippen LogP contribution is -1.99. The summed E-state index contributed by atoms with van der Waals surface area (Å²) in [7, 11) is 0. The molecule has 2 aromatic rings. The van der Waals surface area contributed by atoms with Gasteiger partial charge in [0.1, 0.15) is 0 Å². The van der Waals surface area contributed by atoms with Crippen molar-refractivity contribution in [2.75, 3.05) is 5.32 Å². The molecule has 0 saturated heterocycles. The molecule has 0 atom stereocenters. The zero-order valence-corrected chi connectivity index (χ0v) is 11.2. The van der Waals surface area contributed by atoms with Crippen LogP contribution in [0.3, 0.4) is 0 Å². The molecular weight excluding hydrogens is 277 g/mol. The number of halogens is 3. The number of hydrogen-bond acceptors (Lipinski definition) is 1. The van der Waals surface area contributed by atoms with E-state index >= 15 is 0 Å². The monoisotopic (exact) mass is 285 g/mol. The zero-order chi connectivity index (χ0) is 12.3. The van der Waals surface area contributed by atoms with Crippen LogP contribution in [0, 0.1) is 0 Å². The Morgan fingerprint density at radius 1 is 0.824 bits per heavy atom. The minimum absolute atomic E-state index is 0.381. The molecule has 0 aliphatic carbocycles. The van der Waals surface area contributed by atoms with Crippen molar-refractivity contribution in [2.45, 2.75) is 6.54 Å². The zero-order valence-electron chi connectivity index (χ0n) is 8.88. The highest BCUT2D eigenvalue weighted by atomic mass is 35.5. The van der Waals surface area contributed by atoms with Gasteiger partial charge >= 0.3 is 0 Å². The van der Waals surface area contributed by atoms with Crippen molar-refractivity contribution < 1.29 is 0 Å². The molecule has 0 heterocycles. The molecule has 2 rings (SSSR count). The highest BCUT2D eigenvalue weighted by Gasteiger charge is 2.07. The Bertz CT molecular complexity index is 512. The van der Waals surface area contributed by atoms with E-state index in [2.05, 4.69) is 5.32 Å². The van der Waals surface area contributed by atoms with Gasteiger partial charge in [0.15, 0.2) is 0 Å². The van der Waals surface area contributed by atoms with Gasteiger partial charge in [-0.05, 0) is 17.7 Å². The van der Waals surface area contributed by atoms with Crippen LogP contribution in [0.2, 0.25) is 15.1 Å². The quantitative estimate of drug-likeness (QED) is 0.759. The van der Waals surface area contributed by atoms with Gasteiger partial charge in [-0.3, -0.25) is 0 Å². The number of anilines is 1. The van der Waals surface area contributed by atoms with Gasteiger partial charge in [-0.15, -0.1) is 0 Å². The topological polar surface area (TPSA) is 12.0 Å². The molecule has 0 spiro atoms. The molecule has 0 bridgehead atoms. The van der Waals surface area contributed by atoms with Crippen LogP contribution < -0.4 is 5.32 Å². The van der Waals surface area contributed by atoms with Gasteiger partial charge in [-0.1, -0.05) is 65.1 Å². The molecule has 17 heavy (non-hydrogen) atoms. The molecular formula is C13H10Cl3N. The van der Waals surface area contributed by atoms with E-state index in [0.717, 1.165) is 5.69 Å². The number of benzene rings is 2. The van der Waals surface area contributed by atoms with Crippen molar-refractivity contribution in [1.82, 2.24) is 0 Å². The summed E-state index contributed by atoms with van der Waals surface area (Å²) in [6, 6.07) is 13.6. The van der Waals surface area contributed by atoms with Crippen molar-refractivity contribution in [3.05, 3.63) is 63.1 Å². The Hall–Kier alpha value is -0.890. The maximum atomic E-state index is 6.09. The van der Waals surface area contributed by atoms with Crippen LogP contribution in [0.5, 0.6) is 0 Å². The molecule has 1 N–H and O–H groups in total. The first-order valence-electron chi connectivity index (χ1n) is 5.10. The van der Waals surface area contributed by atoms with Crippen molar-refractivity contribution in [1.29, 1.82) is 0 Å². The third-order valence-corrected chi connectivity index (χ3v) is 3.65. The van der Waals surface area contributed by atoms with Gasteiger partial charge in [0.05, 0.1) is 20.8 Å². The SMILES string of the molecule is Clc1ccc(NCc2ccccc2)c(Cl)c1Cl. The molecule has 0 unspecified atom stereocenters. The molecule has 0 aromatic heterocycles. The smallest absolute Gasteiger partial charge is 0.0838 e. The summed E-state index contributed by atoms with van der Waals surface area (Å²) in [4.78, 5) is 0. The largest absolute Gasteiger partial charge is 0.380 e. The fraction of sp³-hybridized carbons (Fsp3) is 0.0769. The van der Waals surface area contributed by atoms with Crippen LogP contribution >= 0.6 is 34.8 Å². The first kappa shape index (κ1) is 12.6. The summed E-state index contributed by atoms with van der Waals surface area (Å²) in [6.45, 7) is 0.693. The van der Waals surface area contributed by atoms with Gasteiger partial charge in [0.2, 0.25) is 0 Å². The fourth-order valence-electron chi connectivity index (χ4n) is 1.46. The first-order chi connectivity index (χ1) is 8.18. The molecule has 0 saturated carbocycles. The third kappa shape index (κ3) is 3.06. The molecule has 4 heteroatoms. The van der Waals surface area contributed by atoms with Gasteiger partial charge in [-0.25, -0.2) is 0 Å². The van der Waals surface area contributed by atoms with Gasteiger partial charge in [-0.2, -0.15) is 0 Å². The predicted octanol–water partition coefficient (Wildman–Crippen LogP) is 5.26. The number of rotatable bonds is 3. The normalized spacial score (nSPS) is 10.3. The minimum atomic E-state index is 0.381.